The smallest absolute Gasteiger partial charge is 0.267 e. The number of aryl methyl sites for hydroxylation is 1. The molecule has 0 saturated heterocycles. The van der Waals surface area contributed by atoms with Gasteiger partial charge in [-0.3, -0.25) is 4.55 Å². The van der Waals surface area contributed by atoms with Gasteiger partial charge in [0.2, 0.25) is 10.5 Å². The Morgan fingerprint density at radius 1 is 1.39 bits per heavy atom. The number of aliphatic hydroxyl groups is 1. The minimum Gasteiger partial charge on any atom is -0.385 e. The van der Waals surface area contributed by atoms with Crippen LogP contribution in [0.3, 0.4) is 0 Å². The van der Waals surface area contributed by atoms with Crippen LogP contribution >= 0.6 is 11.3 Å². The van der Waals surface area contributed by atoms with Crippen molar-refractivity contribution in [2.75, 3.05) is 5.75 Å². The molecule has 5 nitrogen and oxygen atoms in total. The fourth-order valence-electron chi connectivity index (χ4n) is 1.88. The average molecular weight is 288 g/mol. The van der Waals surface area contributed by atoms with E-state index in [1.165, 1.54) is 0 Å². The molecule has 98 valence electrons. The highest BCUT2D eigenvalue weighted by Gasteiger charge is 2.23. The number of para-hydroxylation sites is 1. The number of thiazole rings is 1. The molecule has 1 aromatic carbocycles. The lowest BCUT2D eigenvalue weighted by Gasteiger charge is -2.04. The third kappa shape index (κ3) is 3.05. The molecule has 0 fully saturated rings. The summed E-state index contributed by atoms with van der Waals surface area (Å²) in [6, 6.07) is 7.70. The van der Waals surface area contributed by atoms with Gasteiger partial charge in [-0.1, -0.05) is 23.5 Å². The van der Waals surface area contributed by atoms with Crippen molar-refractivity contribution in [1.82, 2.24) is 0 Å². The SMILES string of the molecule is Cc1sc2ccccc2[n+]1C[C@H](O)CS(=O)(=O)O. The zero-order chi connectivity index (χ0) is 13.3. The van der Waals surface area contributed by atoms with Crippen LogP contribution in [0.15, 0.2) is 24.3 Å². The molecule has 0 aliphatic carbocycles. The summed E-state index contributed by atoms with van der Waals surface area (Å²) in [5.41, 5.74) is 0.953. The van der Waals surface area contributed by atoms with Gasteiger partial charge >= 0.3 is 0 Å². The highest BCUT2D eigenvalue weighted by molar-refractivity contribution is 7.85. The lowest BCUT2D eigenvalue weighted by Crippen LogP contribution is -2.43. The standard InChI is InChI=1S/C11H13NO4S2/c1-8-12(6-9(13)7-18(14,15)16)10-4-2-3-5-11(10)17-8/h2-5,9,13H,6-7H2,1H3/p+1/t9-/m0/s1. The number of aromatic nitrogens is 1. The van der Waals surface area contributed by atoms with Crippen LogP contribution in [0.4, 0.5) is 0 Å². The molecule has 0 saturated carbocycles. The Bertz CT molecular complexity index is 663. The van der Waals surface area contributed by atoms with Crippen molar-refractivity contribution in [3.8, 4) is 0 Å². The Morgan fingerprint density at radius 2 is 2.06 bits per heavy atom. The van der Waals surface area contributed by atoms with Gasteiger partial charge in [0.15, 0.2) is 6.54 Å². The predicted molar refractivity (Wildman–Crippen MR) is 69.2 cm³/mol. The second-order valence-electron chi connectivity index (χ2n) is 4.10. The van der Waals surface area contributed by atoms with Gasteiger partial charge in [0.25, 0.3) is 10.1 Å². The fraction of sp³-hybridized carbons (Fsp3) is 0.364. The summed E-state index contributed by atoms with van der Waals surface area (Å²) in [5, 5.41) is 10.7. The van der Waals surface area contributed by atoms with Crippen LogP contribution in [0.1, 0.15) is 5.01 Å². The van der Waals surface area contributed by atoms with Crippen molar-refractivity contribution < 1.29 is 22.6 Å². The van der Waals surface area contributed by atoms with E-state index in [2.05, 4.69) is 0 Å². The van der Waals surface area contributed by atoms with Crippen LogP contribution in [0.5, 0.6) is 0 Å². The predicted octanol–water partition coefficient (Wildman–Crippen LogP) is 0.746. The molecule has 1 heterocycles. The van der Waals surface area contributed by atoms with E-state index < -0.39 is 22.0 Å². The van der Waals surface area contributed by atoms with Gasteiger partial charge in [-0.05, 0) is 6.07 Å². The highest BCUT2D eigenvalue weighted by Crippen LogP contribution is 2.19. The minimum atomic E-state index is -4.15. The zero-order valence-electron chi connectivity index (χ0n) is 9.78. The molecule has 2 rings (SSSR count). The number of nitrogens with zero attached hydrogens (tertiary/aromatic N) is 1. The molecule has 1 aromatic heterocycles. The van der Waals surface area contributed by atoms with E-state index in [9.17, 15) is 13.5 Å². The molecule has 0 aliphatic heterocycles. The van der Waals surface area contributed by atoms with Crippen LogP contribution < -0.4 is 4.57 Å². The van der Waals surface area contributed by atoms with Gasteiger partial charge in [0.05, 0.1) is 0 Å². The molecule has 7 heteroatoms. The van der Waals surface area contributed by atoms with E-state index in [-0.39, 0.29) is 6.54 Å². The molecule has 0 unspecified atom stereocenters. The molecule has 0 radical (unpaired) electrons. The first kappa shape index (κ1) is 13.4. The van der Waals surface area contributed by atoms with Crippen molar-refractivity contribution in [3.05, 3.63) is 29.3 Å². The van der Waals surface area contributed by atoms with Gasteiger partial charge in [-0.25, -0.2) is 0 Å². The fourth-order valence-corrected chi connectivity index (χ4v) is 3.51. The Labute approximate surface area is 109 Å². The first-order valence-electron chi connectivity index (χ1n) is 5.38. The third-order valence-electron chi connectivity index (χ3n) is 2.59. The number of hydrogen-bond acceptors (Lipinski definition) is 4. The van der Waals surface area contributed by atoms with Crippen LogP contribution in [0.2, 0.25) is 0 Å². The van der Waals surface area contributed by atoms with E-state index >= 15 is 0 Å². The summed E-state index contributed by atoms with van der Waals surface area (Å²) in [4.78, 5) is 0. The zero-order valence-corrected chi connectivity index (χ0v) is 11.4. The molecular formula is C11H14NO4S2+. The summed E-state index contributed by atoms with van der Waals surface area (Å²) < 4.78 is 33.1. The molecule has 1 atom stereocenters. The average Bonchev–Trinajstić information content (AvgIpc) is 2.53. The van der Waals surface area contributed by atoms with E-state index in [1.807, 2.05) is 35.8 Å². The number of rotatable bonds is 4. The molecule has 0 amide bonds. The maximum absolute atomic E-state index is 10.7. The first-order valence-corrected chi connectivity index (χ1v) is 7.80. The lowest BCUT2D eigenvalue weighted by molar-refractivity contribution is -0.679. The van der Waals surface area contributed by atoms with Gasteiger partial charge < -0.3 is 5.11 Å². The summed E-state index contributed by atoms with van der Waals surface area (Å²) >= 11 is 1.58. The van der Waals surface area contributed by atoms with Gasteiger partial charge in [-0.2, -0.15) is 13.0 Å². The van der Waals surface area contributed by atoms with Gasteiger partial charge in [0, 0.05) is 13.0 Å². The quantitative estimate of drug-likeness (QED) is 0.643. The van der Waals surface area contributed by atoms with E-state index in [1.54, 1.807) is 11.3 Å². The largest absolute Gasteiger partial charge is 0.385 e. The maximum atomic E-state index is 10.7. The molecule has 0 aliphatic rings. The molecule has 18 heavy (non-hydrogen) atoms. The van der Waals surface area contributed by atoms with E-state index in [0.717, 1.165) is 15.2 Å². The third-order valence-corrected chi connectivity index (χ3v) is 4.48. The van der Waals surface area contributed by atoms with Crippen molar-refractivity contribution in [3.63, 3.8) is 0 Å². The van der Waals surface area contributed by atoms with E-state index in [0.29, 0.717) is 0 Å². The monoisotopic (exact) mass is 288 g/mol. The van der Waals surface area contributed by atoms with Crippen molar-refractivity contribution in [2.24, 2.45) is 0 Å². The van der Waals surface area contributed by atoms with Gasteiger partial charge in [-0.15, -0.1) is 0 Å². The summed E-state index contributed by atoms with van der Waals surface area (Å²) in [6.45, 7) is 2.06. The van der Waals surface area contributed by atoms with Crippen molar-refractivity contribution in [1.29, 1.82) is 0 Å². The Kier molecular flexibility index (Phi) is 3.67. The lowest BCUT2D eigenvalue weighted by atomic mass is 10.3. The van der Waals surface area contributed by atoms with Crippen molar-refractivity contribution >= 4 is 31.7 Å². The Balaban J connectivity index is 2.29. The number of benzene rings is 1. The topological polar surface area (TPSA) is 78.5 Å². The summed E-state index contributed by atoms with van der Waals surface area (Å²) in [7, 11) is -4.15. The Morgan fingerprint density at radius 3 is 2.72 bits per heavy atom. The Hall–Kier alpha value is -1.02. The molecule has 2 aromatic rings. The second kappa shape index (κ2) is 4.93. The van der Waals surface area contributed by atoms with Crippen LogP contribution in [-0.2, 0) is 16.7 Å². The maximum Gasteiger partial charge on any atom is 0.267 e. The van der Waals surface area contributed by atoms with Crippen LogP contribution in [0.25, 0.3) is 10.2 Å². The van der Waals surface area contributed by atoms with Gasteiger partial charge in [0.1, 0.15) is 16.6 Å². The minimum absolute atomic E-state index is 0.148. The molecule has 0 spiro atoms. The van der Waals surface area contributed by atoms with Crippen LogP contribution in [0, 0.1) is 6.92 Å². The number of fused-ring (bicyclic) bond motifs is 1. The number of hydrogen-bond donors (Lipinski definition) is 2. The first-order chi connectivity index (χ1) is 8.37. The normalized spacial score (nSPS) is 13.9. The summed E-state index contributed by atoms with van der Waals surface area (Å²) in [6.07, 6.45) is -1.12. The second-order valence-corrected chi connectivity index (χ2v) is 6.83. The van der Waals surface area contributed by atoms with Crippen LogP contribution in [-0.4, -0.2) is 29.9 Å². The van der Waals surface area contributed by atoms with E-state index in [4.69, 9.17) is 4.55 Å². The molecule has 2 N–H and O–H groups in total. The van der Waals surface area contributed by atoms with Crippen molar-refractivity contribution in [2.45, 2.75) is 19.6 Å². The number of aliphatic hydroxyl groups excluding tert-OH is 1. The molecule has 0 bridgehead atoms. The summed E-state index contributed by atoms with van der Waals surface area (Å²) in [5.74, 6) is -0.649. The molecular weight excluding hydrogens is 274 g/mol. The highest BCUT2D eigenvalue weighted by atomic mass is 32.2.